The molecule has 0 fully saturated rings. The van der Waals surface area contributed by atoms with Crippen molar-refractivity contribution in [3.8, 4) is 11.5 Å². The second-order valence-electron chi connectivity index (χ2n) is 6.44. The Labute approximate surface area is 167 Å². The molecule has 0 spiro atoms. The van der Waals surface area contributed by atoms with Crippen LogP contribution in [-0.4, -0.2) is 36.8 Å². The third kappa shape index (κ3) is 4.82. The van der Waals surface area contributed by atoms with Crippen LogP contribution in [0.4, 0.5) is 0 Å². The van der Waals surface area contributed by atoms with E-state index in [9.17, 15) is 8.42 Å². The van der Waals surface area contributed by atoms with E-state index in [1.54, 1.807) is 12.1 Å². The van der Waals surface area contributed by atoms with Crippen LogP contribution in [-0.2, 0) is 16.4 Å². The molecule has 2 aromatic carbocycles. The number of aromatic nitrogens is 2. The van der Waals surface area contributed by atoms with Crippen LogP contribution in [0, 0.1) is 0 Å². The molecule has 0 N–H and O–H groups in total. The minimum Gasteiger partial charge on any atom is -0.419 e. The Morgan fingerprint density at radius 2 is 1.85 bits per heavy atom. The van der Waals surface area contributed by atoms with Gasteiger partial charge < -0.3 is 4.42 Å². The smallest absolute Gasteiger partial charge is 0.247 e. The van der Waals surface area contributed by atoms with E-state index >= 15 is 0 Å². The minimum atomic E-state index is -3.19. The summed E-state index contributed by atoms with van der Waals surface area (Å²) in [6.45, 7) is 2.52. The van der Waals surface area contributed by atoms with E-state index in [-0.39, 0.29) is 6.04 Å². The van der Waals surface area contributed by atoms with E-state index in [1.807, 2.05) is 50.4 Å². The number of halogens is 1. The average molecular weight is 450 g/mol. The molecule has 8 heteroatoms. The van der Waals surface area contributed by atoms with Crippen LogP contribution in [0.25, 0.3) is 11.5 Å². The third-order valence-electron chi connectivity index (χ3n) is 4.37. The first-order valence-corrected chi connectivity index (χ1v) is 11.0. The van der Waals surface area contributed by atoms with Crippen molar-refractivity contribution < 1.29 is 12.8 Å². The van der Waals surface area contributed by atoms with Crippen molar-refractivity contribution in [2.24, 2.45) is 0 Å². The van der Waals surface area contributed by atoms with Crippen LogP contribution in [0.5, 0.6) is 0 Å². The summed E-state index contributed by atoms with van der Waals surface area (Å²) in [6, 6.07) is 14.7. The summed E-state index contributed by atoms with van der Waals surface area (Å²) in [5.74, 6) is 0.997. The molecule has 0 bridgehead atoms. The zero-order chi connectivity index (χ0) is 19.6. The van der Waals surface area contributed by atoms with Gasteiger partial charge in [-0.25, -0.2) is 8.42 Å². The summed E-state index contributed by atoms with van der Waals surface area (Å²) in [5.41, 5.74) is 1.87. The van der Waals surface area contributed by atoms with Gasteiger partial charge in [0, 0.05) is 22.3 Å². The summed E-state index contributed by atoms with van der Waals surface area (Å²) < 4.78 is 29.9. The highest BCUT2D eigenvalue weighted by atomic mass is 79.9. The molecule has 1 unspecified atom stereocenters. The van der Waals surface area contributed by atoms with E-state index in [2.05, 4.69) is 31.0 Å². The van der Waals surface area contributed by atoms with Crippen LogP contribution >= 0.6 is 15.9 Å². The van der Waals surface area contributed by atoms with Crippen molar-refractivity contribution in [2.75, 3.05) is 13.3 Å². The molecular weight excluding hydrogens is 430 g/mol. The van der Waals surface area contributed by atoms with Crippen LogP contribution in [0.1, 0.15) is 24.4 Å². The maximum atomic E-state index is 11.6. The average Bonchev–Trinajstić information content (AvgIpc) is 3.09. The summed E-state index contributed by atoms with van der Waals surface area (Å²) in [7, 11) is -1.23. The van der Waals surface area contributed by atoms with Crippen molar-refractivity contribution in [3.05, 3.63) is 64.5 Å². The standard InChI is InChI=1S/C19H20BrN3O3S/c1-13(14-7-9-17(10-8-14)27(3,24)25)23(2)12-18-21-22-19(26-18)15-5-4-6-16(20)11-15/h4-11,13H,12H2,1-3H3. The van der Waals surface area contributed by atoms with Crippen LogP contribution in [0.15, 0.2) is 62.3 Å². The topological polar surface area (TPSA) is 76.3 Å². The van der Waals surface area contributed by atoms with Gasteiger partial charge in [0.25, 0.3) is 0 Å². The number of hydrogen-bond acceptors (Lipinski definition) is 6. The summed E-state index contributed by atoms with van der Waals surface area (Å²) in [6.07, 6.45) is 1.20. The van der Waals surface area contributed by atoms with Crippen molar-refractivity contribution in [1.82, 2.24) is 15.1 Å². The van der Waals surface area contributed by atoms with Gasteiger partial charge in [0.05, 0.1) is 11.4 Å². The number of sulfone groups is 1. The fourth-order valence-corrected chi connectivity index (χ4v) is 3.68. The molecule has 0 amide bonds. The predicted octanol–water partition coefficient (Wildman–Crippen LogP) is 4.10. The first-order valence-electron chi connectivity index (χ1n) is 8.32. The molecular formula is C19H20BrN3O3S. The predicted molar refractivity (Wildman–Crippen MR) is 107 cm³/mol. The molecule has 0 radical (unpaired) electrons. The van der Waals surface area contributed by atoms with Crippen LogP contribution in [0.2, 0.25) is 0 Å². The summed E-state index contributed by atoms with van der Waals surface area (Å²) in [5, 5.41) is 8.25. The van der Waals surface area contributed by atoms with Crippen molar-refractivity contribution in [1.29, 1.82) is 0 Å². The van der Waals surface area contributed by atoms with Crippen molar-refractivity contribution in [3.63, 3.8) is 0 Å². The quantitative estimate of drug-likeness (QED) is 0.563. The van der Waals surface area contributed by atoms with E-state index in [0.29, 0.717) is 23.2 Å². The maximum absolute atomic E-state index is 11.6. The molecule has 142 valence electrons. The Hall–Kier alpha value is -2.03. The first kappa shape index (κ1) is 19.7. The van der Waals surface area contributed by atoms with Gasteiger partial charge in [0.1, 0.15) is 0 Å². The second-order valence-corrected chi connectivity index (χ2v) is 9.38. The fraction of sp³-hybridized carbons (Fsp3) is 0.263. The molecule has 0 saturated heterocycles. The molecule has 0 aliphatic carbocycles. The molecule has 3 aromatic rings. The molecule has 1 atom stereocenters. The number of nitrogens with zero attached hydrogens (tertiary/aromatic N) is 3. The highest BCUT2D eigenvalue weighted by Crippen LogP contribution is 2.25. The Morgan fingerprint density at radius 3 is 2.48 bits per heavy atom. The van der Waals surface area contributed by atoms with Gasteiger partial charge in [-0.3, -0.25) is 4.90 Å². The Morgan fingerprint density at radius 1 is 1.15 bits per heavy atom. The largest absolute Gasteiger partial charge is 0.419 e. The molecule has 27 heavy (non-hydrogen) atoms. The van der Waals surface area contributed by atoms with E-state index in [4.69, 9.17) is 4.42 Å². The van der Waals surface area contributed by atoms with Gasteiger partial charge in [0.2, 0.25) is 11.8 Å². The first-order chi connectivity index (χ1) is 12.7. The number of rotatable bonds is 6. The van der Waals surface area contributed by atoms with Crippen molar-refractivity contribution in [2.45, 2.75) is 24.4 Å². The molecule has 3 rings (SSSR count). The van der Waals surface area contributed by atoms with Gasteiger partial charge in [-0.05, 0) is 49.9 Å². The highest BCUT2D eigenvalue weighted by Gasteiger charge is 2.17. The zero-order valence-corrected chi connectivity index (χ0v) is 17.7. The lowest BCUT2D eigenvalue weighted by Crippen LogP contribution is -2.22. The second kappa shape index (κ2) is 7.92. The minimum absolute atomic E-state index is 0.0554. The molecule has 0 saturated carbocycles. The molecule has 1 heterocycles. The van der Waals surface area contributed by atoms with Crippen LogP contribution < -0.4 is 0 Å². The van der Waals surface area contributed by atoms with Gasteiger partial charge >= 0.3 is 0 Å². The monoisotopic (exact) mass is 449 g/mol. The lowest BCUT2D eigenvalue weighted by Gasteiger charge is -2.23. The van der Waals surface area contributed by atoms with Gasteiger partial charge in [-0.2, -0.15) is 0 Å². The number of benzene rings is 2. The number of hydrogen-bond donors (Lipinski definition) is 0. The van der Waals surface area contributed by atoms with Crippen LogP contribution in [0.3, 0.4) is 0 Å². The maximum Gasteiger partial charge on any atom is 0.247 e. The summed E-state index contributed by atoms with van der Waals surface area (Å²) >= 11 is 3.43. The Kier molecular flexibility index (Phi) is 5.78. The Bertz CT molecular complexity index is 1030. The Balaban J connectivity index is 1.71. The van der Waals surface area contributed by atoms with E-state index in [0.717, 1.165) is 15.6 Å². The molecule has 6 nitrogen and oxygen atoms in total. The van der Waals surface area contributed by atoms with E-state index in [1.165, 1.54) is 6.26 Å². The highest BCUT2D eigenvalue weighted by molar-refractivity contribution is 9.10. The lowest BCUT2D eigenvalue weighted by molar-refractivity contribution is 0.228. The SMILES string of the molecule is CC(c1ccc(S(C)(=O)=O)cc1)N(C)Cc1nnc(-c2cccc(Br)c2)o1. The zero-order valence-electron chi connectivity index (χ0n) is 15.3. The molecule has 0 aliphatic rings. The van der Waals surface area contributed by atoms with Gasteiger partial charge in [0.15, 0.2) is 9.84 Å². The van der Waals surface area contributed by atoms with Gasteiger partial charge in [-0.1, -0.05) is 34.1 Å². The fourth-order valence-electron chi connectivity index (χ4n) is 2.65. The van der Waals surface area contributed by atoms with Gasteiger partial charge in [-0.15, -0.1) is 10.2 Å². The third-order valence-corrected chi connectivity index (χ3v) is 6.00. The summed E-state index contributed by atoms with van der Waals surface area (Å²) in [4.78, 5) is 2.38. The normalized spacial score (nSPS) is 13.1. The van der Waals surface area contributed by atoms with E-state index < -0.39 is 9.84 Å². The lowest BCUT2D eigenvalue weighted by atomic mass is 10.1. The van der Waals surface area contributed by atoms with Crippen molar-refractivity contribution >= 4 is 25.8 Å². The molecule has 0 aliphatic heterocycles. The molecule has 1 aromatic heterocycles.